The Morgan fingerprint density at radius 3 is 2.71 bits per heavy atom. The van der Waals surface area contributed by atoms with E-state index in [-0.39, 0.29) is 5.60 Å². The monoisotopic (exact) mass is 292 g/mol. The van der Waals surface area contributed by atoms with E-state index in [4.69, 9.17) is 9.47 Å². The molecule has 0 amide bonds. The molecule has 0 aliphatic carbocycles. The fraction of sp³-hybridized carbons (Fsp3) is 0.286. The Labute approximate surface area is 109 Å². The molecule has 17 heavy (non-hydrogen) atoms. The van der Waals surface area contributed by atoms with E-state index in [1.54, 1.807) is 0 Å². The minimum Gasteiger partial charge on any atom is -0.490 e. The van der Waals surface area contributed by atoms with Gasteiger partial charge in [0.2, 0.25) is 0 Å². The molecule has 88 valence electrons. The van der Waals surface area contributed by atoms with E-state index in [1.165, 1.54) is 10.8 Å². The molecule has 0 radical (unpaired) electrons. The van der Waals surface area contributed by atoms with Gasteiger partial charge in [0.05, 0.1) is 6.61 Å². The first-order valence-electron chi connectivity index (χ1n) is 5.61. The lowest BCUT2D eigenvalue weighted by Gasteiger charge is -2.09. The number of benzene rings is 2. The first kappa shape index (κ1) is 11.1. The van der Waals surface area contributed by atoms with Gasteiger partial charge in [0, 0.05) is 4.47 Å². The van der Waals surface area contributed by atoms with Crippen LogP contribution in [-0.4, -0.2) is 18.8 Å². The normalized spacial score (nSPS) is 22.7. The molecule has 1 atom stereocenters. The predicted molar refractivity (Wildman–Crippen MR) is 71.5 cm³/mol. The van der Waals surface area contributed by atoms with E-state index >= 15 is 0 Å². The number of fused-ring (bicyclic) bond motifs is 1. The van der Waals surface area contributed by atoms with Crippen molar-refractivity contribution in [3.63, 3.8) is 0 Å². The van der Waals surface area contributed by atoms with Gasteiger partial charge >= 0.3 is 0 Å². The molecule has 0 spiro atoms. The Kier molecular flexibility index (Phi) is 2.60. The van der Waals surface area contributed by atoms with Crippen LogP contribution in [0.15, 0.2) is 40.9 Å². The van der Waals surface area contributed by atoms with Gasteiger partial charge in [0.25, 0.3) is 0 Å². The van der Waals surface area contributed by atoms with Crippen molar-refractivity contribution in [2.75, 3.05) is 13.2 Å². The standard InChI is InChI=1S/C14H13BrO2/c1-14(9-17-14)8-16-13-5-3-10-6-12(15)4-2-11(10)7-13/h2-7H,8-9H2,1H3. The Morgan fingerprint density at radius 1 is 1.24 bits per heavy atom. The van der Waals surface area contributed by atoms with Crippen molar-refractivity contribution < 1.29 is 9.47 Å². The van der Waals surface area contributed by atoms with E-state index in [2.05, 4.69) is 47.1 Å². The second-order valence-electron chi connectivity index (χ2n) is 4.68. The summed E-state index contributed by atoms with van der Waals surface area (Å²) in [6.07, 6.45) is 0. The number of halogens is 1. The van der Waals surface area contributed by atoms with Crippen LogP contribution in [0.1, 0.15) is 6.92 Å². The van der Waals surface area contributed by atoms with Gasteiger partial charge in [-0.1, -0.05) is 28.1 Å². The summed E-state index contributed by atoms with van der Waals surface area (Å²) in [7, 11) is 0. The van der Waals surface area contributed by atoms with E-state index in [9.17, 15) is 0 Å². The van der Waals surface area contributed by atoms with E-state index in [0.717, 1.165) is 16.8 Å². The minimum absolute atomic E-state index is 0.0608. The molecule has 2 aromatic carbocycles. The molecule has 0 N–H and O–H groups in total. The largest absolute Gasteiger partial charge is 0.490 e. The third-order valence-electron chi connectivity index (χ3n) is 2.96. The maximum Gasteiger partial charge on any atom is 0.123 e. The first-order valence-corrected chi connectivity index (χ1v) is 6.40. The number of ether oxygens (including phenoxy) is 2. The van der Waals surface area contributed by atoms with Crippen LogP contribution < -0.4 is 4.74 Å². The predicted octanol–water partition coefficient (Wildman–Crippen LogP) is 3.77. The van der Waals surface area contributed by atoms with Crippen molar-refractivity contribution in [1.29, 1.82) is 0 Å². The summed E-state index contributed by atoms with van der Waals surface area (Å²) in [5.41, 5.74) is -0.0608. The Balaban J connectivity index is 1.83. The molecular weight excluding hydrogens is 280 g/mol. The van der Waals surface area contributed by atoms with Crippen LogP contribution in [-0.2, 0) is 4.74 Å². The fourth-order valence-electron chi connectivity index (χ4n) is 1.73. The van der Waals surface area contributed by atoms with Crippen molar-refractivity contribution in [1.82, 2.24) is 0 Å². The number of hydrogen-bond donors (Lipinski definition) is 0. The summed E-state index contributed by atoms with van der Waals surface area (Å²) in [5.74, 6) is 0.900. The molecule has 1 unspecified atom stereocenters. The summed E-state index contributed by atoms with van der Waals surface area (Å²) in [5, 5.41) is 2.40. The van der Waals surface area contributed by atoms with Crippen molar-refractivity contribution >= 4 is 26.7 Å². The third-order valence-corrected chi connectivity index (χ3v) is 3.45. The average molecular weight is 293 g/mol. The number of hydrogen-bond acceptors (Lipinski definition) is 2. The lowest BCUT2D eigenvalue weighted by Crippen LogP contribution is -2.16. The van der Waals surface area contributed by atoms with Crippen LogP contribution in [0.2, 0.25) is 0 Å². The summed E-state index contributed by atoms with van der Waals surface area (Å²) >= 11 is 3.47. The molecule has 3 rings (SSSR count). The molecule has 0 bridgehead atoms. The Hall–Kier alpha value is -1.06. The zero-order valence-corrected chi connectivity index (χ0v) is 11.2. The maximum absolute atomic E-state index is 5.73. The summed E-state index contributed by atoms with van der Waals surface area (Å²) in [6, 6.07) is 12.4. The SMILES string of the molecule is CC1(COc2ccc3cc(Br)ccc3c2)CO1. The molecule has 1 fully saturated rings. The van der Waals surface area contributed by atoms with Crippen LogP contribution in [0.3, 0.4) is 0 Å². The second-order valence-corrected chi connectivity index (χ2v) is 5.60. The Bertz CT molecular complexity index is 561. The van der Waals surface area contributed by atoms with Gasteiger partial charge in [-0.05, 0) is 42.0 Å². The molecule has 3 heteroatoms. The van der Waals surface area contributed by atoms with Gasteiger partial charge in [-0.3, -0.25) is 0 Å². The van der Waals surface area contributed by atoms with Crippen molar-refractivity contribution in [2.24, 2.45) is 0 Å². The topological polar surface area (TPSA) is 21.8 Å². The molecule has 0 aromatic heterocycles. The van der Waals surface area contributed by atoms with Gasteiger partial charge in [-0.15, -0.1) is 0 Å². The van der Waals surface area contributed by atoms with Crippen LogP contribution in [0.25, 0.3) is 10.8 Å². The molecule has 1 heterocycles. The molecular formula is C14H13BrO2. The van der Waals surface area contributed by atoms with Gasteiger partial charge in [0.15, 0.2) is 0 Å². The number of epoxide rings is 1. The van der Waals surface area contributed by atoms with Crippen LogP contribution in [0.4, 0.5) is 0 Å². The van der Waals surface area contributed by atoms with E-state index < -0.39 is 0 Å². The summed E-state index contributed by atoms with van der Waals surface area (Å²) < 4.78 is 12.1. The van der Waals surface area contributed by atoms with Crippen molar-refractivity contribution in [3.8, 4) is 5.75 Å². The average Bonchev–Trinajstić information content (AvgIpc) is 3.05. The van der Waals surface area contributed by atoms with Crippen LogP contribution >= 0.6 is 15.9 Å². The lowest BCUT2D eigenvalue weighted by atomic mass is 10.1. The highest BCUT2D eigenvalue weighted by Crippen LogP contribution is 2.28. The summed E-state index contributed by atoms with van der Waals surface area (Å²) in [4.78, 5) is 0. The minimum atomic E-state index is -0.0608. The van der Waals surface area contributed by atoms with Gasteiger partial charge in [-0.25, -0.2) is 0 Å². The van der Waals surface area contributed by atoms with E-state index in [1.807, 2.05) is 12.1 Å². The molecule has 1 aliphatic rings. The zero-order valence-electron chi connectivity index (χ0n) is 9.57. The molecule has 1 aliphatic heterocycles. The highest BCUT2D eigenvalue weighted by atomic mass is 79.9. The fourth-order valence-corrected chi connectivity index (χ4v) is 2.11. The molecule has 0 saturated carbocycles. The van der Waals surface area contributed by atoms with Gasteiger partial charge < -0.3 is 9.47 Å². The van der Waals surface area contributed by atoms with Crippen molar-refractivity contribution in [3.05, 3.63) is 40.9 Å². The molecule has 1 saturated heterocycles. The van der Waals surface area contributed by atoms with Crippen molar-refractivity contribution in [2.45, 2.75) is 12.5 Å². The number of rotatable bonds is 3. The smallest absolute Gasteiger partial charge is 0.123 e. The van der Waals surface area contributed by atoms with Crippen LogP contribution in [0.5, 0.6) is 5.75 Å². The highest BCUT2D eigenvalue weighted by molar-refractivity contribution is 9.10. The lowest BCUT2D eigenvalue weighted by molar-refractivity contribution is 0.202. The van der Waals surface area contributed by atoms with Gasteiger partial charge in [-0.2, -0.15) is 0 Å². The molecule has 2 nitrogen and oxygen atoms in total. The third kappa shape index (κ3) is 2.45. The second kappa shape index (κ2) is 4.00. The summed E-state index contributed by atoms with van der Waals surface area (Å²) in [6.45, 7) is 3.48. The van der Waals surface area contributed by atoms with Crippen LogP contribution in [0, 0.1) is 0 Å². The van der Waals surface area contributed by atoms with E-state index in [0.29, 0.717) is 6.61 Å². The quantitative estimate of drug-likeness (QED) is 0.803. The maximum atomic E-state index is 5.73. The Morgan fingerprint density at radius 2 is 1.94 bits per heavy atom. The first-order chi connectivity index (χ1) is 8.15. The highest BCUT2D eigenvalue weighted by Gasteiger charge is 2.40. The zero-order chi connectivity index (χ0) is 11.9. The molecule has 2 aromatic rings. The van der Waals surface area contributed by atoms with Gasteiger partial charge in [0.1, 0.15) is 18.0 Å².